The molecule has 0 aromatic heterocycles. The molecule has 0 saturated heterocycles. The summed E-state index contributed by atoms with van der Waals surface area (Å²) >= 11 is 5.57. The molecule has 1 aromatic carbocycles. The van der Waals surface area contributed by atoms with E-state index >= 15 is 0 Å². The summed E-state index contributed by atoms with van der Waals surface area (Å²) in [5.74, 6) is -1.03. The highest BCUT2D eigenvalue weighted by atomic mass is 35.5. The summed E-state index contributed by atoms with van der Waals surface area (Å²) in [6.45, 7) is 1.84. The number of ether oxygens (including phenoxy) is 2. The van der Waals surface area contributed by atoms with Crippen LogP contribution in [0.15, 0.2) is 12.1 Å². The van der Waals surface area contributed by atoms with Crippen molar-refractivity contribution in [3.63, 3.8) is 0 Å². The highest BCUT2D eigenvalue weighted by molar-refractivity contribution is 6.17. The van der Waals surface area contributed by atoms with E-state index in [9.17, 15) is 9.18 Å². The number of rotatable bonds is 4. The first-order valence-corrected chi connectivity index (χ1v) is 5.27. The van der Waals surface area contributed by atoms with E-state index in [0.717, 1.165) is 0 Å². The van der Waals surface area contributed by atoms with Gasteiger partial charge in [-0.2, -0.15) is 0 Å². The van der Waals surface area contributed by atoms with Crippen LogP contribution in [0.4, 0.5) is 4.39 Å². The number of methoxy groups -OCH3 is 1. The first-order valence-electron chi connectivity index (χ1n) is 4.73. The molecule has 5 heteroatoms. The molecule has 0 bridgehead atoms. The molecule has 0 aliphatic rings. The molecule has 0 fully saturated rings. The minimum Gasteiger partial charge on any atom is -0.497 e. The van der Waals surface area contributed by atoms with Crippen molar-refractivity contribution in [1.29, 1.82) is 0 Å². The van der Waals surface area contributed by atoms with Crippen molar-refractivity contribution in [2.24, 2.45) is 0 Å². The zero-order chi connectivity index (χ0) is 12.1. The Bertz CT molecular complexity index is 393. The van der Waals surface area contributed by atoms with Gasteiger partial charge in [-0.25, -0.2) is 9.18 Å². The van der Waals surface area contributed by atoms with Gasteiger partial charge in [0, 0.05) is 5.56 Å². The van der Waals surface area contributed by atoms with E-state index in [2.05, 4.69) is 0 Å². The average molecular weight is 247 g/mol. The molecule has 0 aliphatic carbocycles. The second kappa shape index (κ2) is 5.70. The summed E-state index contributed by atoms with van der Waals surface area (Å²) in [7, 11) is 1.43. The van der Waals surface area contributed by atoms with Crippen molar-refractivity contribution in [2.75, 3.05) is 13.7 Å². The monoisotopic (exact) mass is 246 g/mol. The molecule has 1 rings (SSSR count). The minimum absolute atomic E-state index is 0.0323. The fourth-order valence-electron chi connectivity index (χ4n) is 1.23. The molecule has 0 heterocycles. The quantitative estimate of drug-likeness (QED) is 0.605. The number of halogens is 2. The molecular weight excluding hydrogens is 235 g/mol. The molecule has 3 nitrogen and oxygen atoms in total. The summed E-state index contributed by atoms with van der Waals surface area (Å²) in [4.78, 5) is 11.4. The summed E-state index contributed by atoms with van der Waals surface area (Å²) in [5.41, 5.74) is 0.0564. The van der Waals surface area contributed by atoms with Crippen LogP contribution in [0.5, 0.6) is 5.75 Å². The smallest absolute Gasteiger partial charge is 0.341 e. The summed E-state index contributed by atoms with van der Waals surface area (Å²) in [5, 5.41) is 0. The van der Waals surface area contributed by atoms with Gasteiger partial charge < -0.3 is 9.47 Å². The van der Waals surface area contributed by atoms with Gasteiger partial charge in [-0.1, -0.05) is 0 Å². The Hall–Kier alpha value is -1.29. The first-order chi connectivity index (χ1) is 7.63. The van der Waals surface area contributed by atoms with Gasteiger partial charge in [0.05, 0.1) is 25.2 Å². The number of hydrogen-bond donors (Lipinski definition) is 0. The van der Waals surface area contributed by atoms with Gasteiger partial charge in [0.15, 0.2) is 0 Å². The van der Waals surface area contributed by atoms with E-state index < -0.39 is 11.8 Å². The molecule has 0 N–H and O–H groups in total. The Kier molecular flexibility index (Phi) is 4.55. The Labute approximate surface area is 98.1 Å². The molecule has 0 aliphatic heterocycles. The minimum atomic E-state index is -0.717. The van der Waals surface area contributed by atoms with Crippen LogP contribution in [0.3, 0.4) is 0 Å². The van der Waals surface area contributed by atoms with E-state index in [-0.39, 0.29) is 23.6 Å². The van der Waals surface area contributed by atoms with Gasteiger partial charge in [-0.3, -0.25) is 0 Å². The number of alkyl halides is 1. The molecular formula is C11H12ClFO3. The average Bonchev–Trinajstić information content (AvgIpc) is 2.29. The van der Waals surface area contributed by atoms with Gasteiger partial charge in [0.1, 0.15) is 11.6 Å². The van der Waals surface area contributed by atoms with Crippen molar-refractivity contribution in [3.05, 3.63) is 29.1 Å². The first kappa shape index (κ1) is 12.8. The lowest BCUT2D eigenvalue weighted by atomic mass is 10.1. The second-order valence-electron chi connectivity index (χ2n) is 3.00. The van der Waals surface area contributed by atoms with Crippen molar-refractivity contribution in [3.8, 4) is 5.75 Å². The molecule has 0 radical (unpaired) electrons. The van der Waals surface area contributed by atoms with Crippen molar-refractivity contribution >= 4 is 17.6 Å². The molecule has 1 aromatic rings. The third kappa shape index (κ3) is 2.64. The van der Waals surface area contributed by atoms with Crippen LogP contribution in [0, 0.1) is 5.82 Å². The third-order valence-corrected chi connectivity index (χ3v) is 2.28. The third-order valence-electron chi connectivity index (χ3n) is 2.00. The zero-order valence-corrected chi connectivity index (χ0v) is 9.81. The number of carbonyl (C=O) groups excluding carboxylic acids is 1. The highest BCUT2D eigenvalue weighted by Crippen LogP contribution is 2.23. The van der Waals surface area contributed by atoms with Gasteiger partial charge >= 0.3 is 5.97 Å². The van der Waals surface area contributed by atoms with E-state index in [1.54, 1.807) is 6.92 Å². The maximum atomic E-state index is 13.7. The summed E-state index contributed by atoms with van der Waals surface area (Å²) in [6, 6.07) is 2.74. The second-order valence-corrected chi connectivity index (χ2v) is 3.27. The van der Waals surface area contributed by atoms with Crippen molar-refractivity contribution < 1.29 is 18.7 Å². The van der Waals surface area contributed by atoms with E-state index in [0.29, 0.717) is 5.75 Å². The molecule has 0 amide bonds. The van der Waals surface area contributed by atoms with Crippen LogP contribution in [0.25, 0.3) is 0 Å². The van der Waals surface area contributed by atoms with Crippen LogP contribution in [0.2, 0.25) is 0 Å². The van der Waals surface area contributed by atoms with Crippen molar-refractivity contribution in [1.82, 2.24) is 0 Å². The van der Waals surface area contributed by atoms with Crippen LogP contribution < -0.4 is 4.74 Å². The Morgan fingerprint density at radius 3 is 2.69 bits per heavy atom. The lowest BCUT2D eigenvalue weighted by Crippen LogP contribution is -2.09. The zero-order valence-electron chi connectivity index (χ0n) is 9.05. The highest BCUT2D eigenvalue weighted by Gasteiger charge is 2.17. The van der Waals surface area contributed by atoms with Crippen LogP contribution >= 0.6 is 11.6 Å². The molecule has 0 atom stereocenters. The number of carbonyl (C=O) groups is 1. The van der Waals surface area contributed by atoms with Crippen LogP contribution in [-0.2, 0) is 10.6 Å². The molecule has 88 valence electrons. The lowest BCUT2D eigenvalue weighted by Gasteiger charge is -2.09. The molecule has 0 spiro atoms. The largest absolute Gasteiger partial charge is 0.497 e. The Balaban J connectivity index is 3.20. The fraction of sp³-hybridized carbons (Fsp3) is 0.364. The SMILES string of the molecule is CCOC(=O)c1cc(OC)cc(CCl)c1F. The summed E-state index contributed by atoms with van der Waals surface area (Å²) in [6.07, 6.45) is 0. The van der Waals surface area contributed by atoms with Gasteiger partial charge in [-0.15, -0.1) is 11.6 Å². The van der Waals surface area contributed by atoms with Crippen LogP contribution in [-0.4, -0.2) is 19.7 Å². The standard InChI is InChI=1S/C11H12ClFO3/c1-3-16-11(14)9-5-8(15-2)4-7(6-12)10(9)13/h4-5H,3,6H2,1-2H3. The molecule has 16 heavy (non-hydrogen) atoms. The maximum absolute atomic E-state index is 13.7. The van der Waals surface area contributed by atoms with E-state index in [4.69, 9.17) is 21.1 Å². The summed E-state index contributed by atoms with van der Waals surface area (Å²) < 4.78 is 23.4. The van der Waals surface area contributed by atoms with E-state index in [1.165, 1.54) is 19.2 Å². The maximum Gasteiger partial charge on any atom is 0.341 e. The Morgan fingerprint density at radius 2 is 2.19 bits per heavy atom. The Morgan fingerprint density at radius 1 is 1.50 bits per heavy atom. The predicted molar refractivity (Wildman–Crippen MR) is 58.5 cm³/mol. The number of benzene rings is 1. The molecule has 0 saturated carbocycles. The predicted octanol–water partition coefficient (Wildman–Crippen LogP) is 2.75. The number of hydrogen-bond acceptors (Lipinski definition) is 3. The van der Waals surface area contributed by atoms with Crippen LogP contribution in [0.1, 0.15) is 22.8 Å². The topological polar surface area (TPSA) is 35.5 Å². The lowest BCUT2D eigenvalue weighted by molar-refractivity contribution is 0.0520. The van der Waals surface area contributed by atoms with Gasteiger partial charge in [0.25, 0.3) is 0 Å². The van der Waals surface area contributed by atoms with Gasteiger partial charge in [0.2, 0.25) is 0 Å². The number of esters is 1. The van der Waals surface area contributed by atoms with Gasteiger partial charge in [-0.05, 0) is 19.1 Å². The van der Waals surface area contributed by atoms with E-state index in [1.807, 2.05) is 0 Å². The fourth-order valence-corrected chi connectivity index (χ4v) is 1.42. The normalized spacial score (nSPS) is 10.0. The van der Waals surface area contributed by atoms with Crippen molar-refractivity contribution in [2.45, 2.75) is 12.8 Å². The molecule has 0 unspecified atom stereocenters.